The van der Waals surface area contributed by atoms with E-state index in [1.54, 1.807) is 0 Å². The van der Waals surface area contributed by atoms with E-state index in [1.165, 1.54) is 128 Å². The van der Waals surface area contributed by atoms with Crippen molar-refractivity contribution in [2.75, 3.05) is 6.61 Å². The van der Waals surface area contributed by atoms with Crippen molar-refractivity contribution in [1.29, 1.82) is 0 Å². The molecule has 0 fully saturated rings. The normalized spacial score (nSPS) is 13.6. The monoisotopic (exact) mass is 802 g/mol. The van der Waals surface area contributed by atoms with Crippen molar-refractivity contribution in [3.8, 4) is 0 Å². The molecule has 0 aliphatic rings. The molecule has 334 valence electrons. The van der Waals surface area contributed by atoms with Gasteiger partial charge in [0.2, 0.25) is 5.91 Å². The lowest BCUT2D eigenvalue weighted by atomic mass is 10.0. The Morgan fingerprint density at radius 3 is 1.42 bits per heavy atom. The van der Waals surface area contributed by atoms with Crippen molar-refractivity contribution in [2.24, 2.45) is 0 Å². The van der Waals surface area contributed by atoms with Crippen LogP contribution >= 0.6 is 0 Å². The maximum atomic E-state index is 13.1. The van der Waals surface area contributed by atoms with Gasteiger partial charge >= 0.3 is 5.97 Å². The summed E-state index contributed by atoms with van der Waals surface area (Å²) in [5.74, 6) is -0.507. The number of carbonyl (C=O) groups excluding carboxylic acids is 2. The number of aliphatic hydroxyl groups is 2. The number of allylic oxidation sites excluding steroid dienone is 6. The van der Waals surface area contributed by atoms with Gasteiger partial charge in [-0.25, -0.2) is 0 Å². The molecule has 0 bridgehead atoms. The standard InChI is InChI=1S/C51H95NO5/c1-4-7-10-13-16-19-22-24-25-26-27-29-31-34-37-40-43-49(54)48(46-53)52-50(55)45-47(42-39-36-33-30-28-23-20-17-14-11-8-5-2)57-51(56)44-41-38-35-32-21-18-15-12-9-6-3/h8,11,17,20,28,30,47-49,53-54H,4-7,9-10,12-16,18-19,21-27,29,31-46H2,1-3H3,(H,52,55)/b11-8+,20-17+,30-28+. The lowest BCUT2D eigenvalue weighted by Crippen LogP contribution is -2.46. The Kier molecular flexibility index (Phi) is 43.6. The third-order valence-electron chi connectivity index (χ3n) is 11.2. The first-order chi connectivity index (χ1) is 28.0. The van der Waals surface area contributed by atoms with Crippen LogP contribution in [0.2, 0.25) is 0 Å². The summed E-state index contributed by atoms with van der Waals surface area (Å²) in [6.07, 6.45) is 52.1. The maximum Gasteiger partial charge on any atom is 0.306 e. The van der Waals surface area contributed by atoms with Crippen molar-refractivity contribution >= 4 is 11.9 Å². The van der Waals surface area contributed by atoms with Crippen LogP contribution in [0.25, 0.3) is 0 Å². The highest BCUT2D eigenvalue weighted by Gasteiger charge is 2.24. The van der Waals surface area contributed by atoms with Gasteiger partial charge in [0.05, 0.1) is 25.2 Å². The first-order valence-corrected chi connectivity index (χ1v) is 24.7. The Bertz CT molecular complexity index is 946. The fourth-order valence-electron chi connectivity index (χ4n) is 7.50. The Morgan fingerprint density at radius 1 is 0.526 bits per heavy atom. The van der Waals surface area contributed by atoms with Gasteiger partial charge in [0.25, 0.3) is 0 Å². The molecule has 0 aromatic carbocycles. The number of ether oxygens (including phenoxy) is 1. The van der Waals surface area contributed by atoms with E-state index in [9.17, 15) is 19.8 Å². The molecular weight excluding hydrogens is 707 g/mol. The maximum absolute atomic E-state index is 13.1. The number of hydrogen-bond acceptors (Lipinski definition) is 5. The number of unbranched alkanes of at least 4 members (excludes halogenated alkanes) is 26. The predicted molar refractivity (Wildman–Crippen MR) is 246 cm³/mol. The minimum atomic E-state index is -0.794. The molecular formula is C51H95NO5. The first kappa shape index (κ1) is 55.1. The first-order valence-electron chi connectivity index (χ1n) is 24.7. The summed E-state index contributed by atoms with van der Waals surface area (Å²) < 4.78 is 5.89. The van der Waals surface area contributed by atoms with Gasteiger partial charge in [0, 0.05) is 6.42 Å². The molecule has 0 aromatic heterocycles. The van der Waals surface area contributed by atoms with Crippen molar-refractivity contribution < 1.29 is 24.5 Å². The number of rotatable bonds is 44. The van der Waals surface area contributed by atoms with Gasteiger partial charge in [0.1, 0.15) is 6.10 Å². The second-order valence-corrected chi connectivity index (χ2v) is 16.8. The van der Waals surface area contributed by atoms with Crippen molar-refractivity contribution in [2.45, 2.75) is 270 Å². The highest BCUT2D eigenvalue weighted by Crippen LogP contribution is 2.17. The summed E-state index contributed by atoms with van der Waals surface area (Å²) in [5.41, 5.74) is 0. The summed E-state index contributed by atoms with van der Waals surface area (Å²) in [6, 6.07) is -0.710. The molecule has 0 saturated carbocycles. The third kappa shape index (κ3) is 40.6. The average Bonchev–Trinajstić information content (AvgIpc) is 3.20. The van der Waals surface area contributed by atoms with E-state index >= 15 is 0 Å². The van der Waals surface area contributed by atoms with Crippen LogP contribution in [0.4, 0.5) is 0 Å². The Hall–Kier alpha value is -1.92. The van der Waals surface area contributed by atoms with Crippen LogP contribution in [0.3, 0.4) is 0 Å². The Balaban J connectivity index is 4.53. The van der Waals surface area contributed by atoms with Gasteiger partial charge in [-0.1, -0.05) is 218 Å². The van der Waals surface area contributed by atoms with Crippen LogP contribution in [0.1, 0.15) is 252 Å². The predicted octanol–water partition coefficient (Wildman–Crippen LogP) is 14.5. The summed E-state index contributed by atoms with van der Waals surface area (Å²) >= 11 is 0. The molecule has 1 amide bonds. The van der Waals surface area contributed by atoms with E-state index in [0.717, 1.165) is 77.0 Å². The Morgan fingerprint density at radius 2 is 0.947 bits per heavy atom. The van der Waals surface area contributed by atoms with Crippen LogP contribution in [-0.2, 0) is 14.3 Å². The molecule has 0 saturated heterocycles. The number of carbonyl (C=O) groups is 2. The summed E-state index contributed by atoms with van der Waals surface area (Å²) in [7, 11) is 0. The van der Waals surface area contributed by atoms with Crippen LogP contribution < -0.4 is 5.32 Å². The fourth-order valence-corrected chi connectivity index (χ4v) is 7.50. The van der Waals surface area contributed by atoms with Crippen molar-refractivity contribution in [3.05, 3.63) is 36.5 Å². The zero-order chi connectivity index (χ0) is 41.7. The third-order valence-corrected chi connectivity index (χ3v) is 11.2. The van der Waals surface area contributed by atoms with Crippen LogP contribution in [0.15, 0.2) is 36.5 Å². The average molecular weight is 802 g/mol. The van der Waals surface area contributed by atoms with Gasteiger partial charge in [0.15, 0.2) is 0 Å². The molecule has 0 rings (SSSR count). The van der Waals surface area contributed by atoms with E-state index in [2.05, 4.69) is 62.5 Å². The molecule has 57 heavy (non-hydrogen) atoms. The topological polar surface area (TPSA) is 95.9 Å². The lowest BCUT2D eigenvalue weighted by Gasteiger charge is -2.24. The van der Waals surface area contributed by atoms with Crippen LogP contribution in [-0.4, -0.2) is 46.9 Å². The second kappa shape index (κ2) is 45.2. The molecule has 0 heterocycles. The van der Waals surface area contributed by atoms with Crippen LogP contribution in [0, 0.1) is 0 Å². The number of aliphatic hydroxyl groups excluding tert-OH is 2. The minimum absolute atomic E-state index is 0.0547. The van der Waals surface area contributed by atoms with Gasteiger partial charge in [-0.15, -0.1) is 0 Å². The largest absolute Gasteiger partial charge is 0.462 e. The van der Waals surface area contributed by atoms with E-state index in [0.29, 0.717) is 19.3 Å². The second-order valence-electron chi connectivity index (χ2n) is 16.8. The molecule has 0 aromatic rings. The molecule has 3 N–H and O–H groups in total. The highest BCUT2D eigenvalue weighted by molar-refractivity contribution is 5.77. The summed E-state index contributed by atoms with van der Waals surface area (Å²) in [5, 5.41) is 23.7. The Labute approximate surface area is 353 Å². The van der Waals surface area contributed by atoms with Crippen LogP contribution in [0.5, 0.6) is 0 Å². The van der Waals surface area contributed by atoms with Crippen molar-refractivity contribution in [1.82, 2.24) is 5.32 Å². The van der Waals surface area contributed by atoms with Gasteiger partial charge < -0.3 is 20.3 Å². The van der Waals surface area contributed by atoms with Gasteiger partial charge in [-0.05, 0) is 57.8 Å². The number of amides is 1. The molecule has 3 unspecified atom stereocenters. The minimum Gasteiger partial charge on any atom is -0.462 e. The number of hydrogen-bond donors (Lipinski definition) is 3. The van der Waals surface area contributed by atoms with Gasteiger partial charge in [-0.3, -0.25) is 9.59 Å². The van der Waals surface area contributed by atoms with E-state index < -0.39 is 18.2 Å². The summed E-state index contributed by atoms with van der Waals surface area (Å²) in [4.78, 5) is 26.0. The molecule has 6 nitrogen and oxygen atoms in total. The zero-order valence-corrected chi connectivity index (χ0v) is 38.0. The number of esters is 1. The number of nitrogens with one attached hydrogen (secondary N) is 1. The van der Waals surface area contributed by atoms with Crippen molar-refractivity contribution in [3.63, 3.8) is 0 Å². The quantitative estimate of drug-likeness (QED) is 0.0324. The van der Waals surface area contributed by atoms with E-state index in [1.807, 2.05) is 0 Å². The molecule has 0 aliphatic carbocycles. The van der Waals surface area contributed by atoms with Gasteiger partial charge in [-0.2, -0.15) is 0 Å². The zero-order valence-electron chi connectivity index (χ0n) is 38.0. The van der Waals surface area contributed by atoms with E-state index in [4.69, 9.17) is 4.74 Å². The molecule has 0 aliphatic heterocycles. The fraction of sp³-hybridized carbons (Fsp3) is 0.843. The van der Waals surface area contributed by atoms with E-state index in [-0.39, 0.29) is 24.9 Å². The summed E-state index contributed by atoms with van der Waals surface area (Å²) in [6.45, 7) is 6.35. The molecule has 3 atom stereocenters. The lowest BCUT2D eigenvalue weighted by molar-refractivity contribution is -0.151. The SMILES string of the molecule is CC/C=C/C/C=C/C/C=C/CCCCC(CC(=O)NC(CO)C(O)CCCCCCCCCCCCCCCCCC)OC(=O)CCCCCCCCCCCC. The molecule has 0 spiro atoms. The molecule has 0 radical (unpaired) electrons. The highest BCUT2D eigenvalue weighted by atomic mass is 16.5. The smallest absolute Gasteiger partial charge is 0.306 e. The molecule has 6 heteroatoms.